The Bertz CT molecular complexity index is 2450. The fourth-order valence-electron chi connectivity index (χ4n) is 7.59. The molecule has 0 saturated carbocycles. The molecule has 0 spiro atoms. The van der Waals surface area contributed by atoms with E-state index < -0.39 is 0 Å². The first-order valence-corrected chi connectivity index (χ1v) is 17.1. The number of pyridine rings is 1. The molecule has 0 aliphatic carbocycles. The second-order valence-corrected chi connectivity index (χ2v) is 12.8. The predicted octanol–water partition coefficient (Wildman–Crippen LogP) is 12.4. The smallest absolute Gasteiger partial charge is 0.104 e. The maximum atomic E-state index is 4.89. The number of anilines is 3. The number of benzene rings is 7. The normalized spacial score (nSPS) is 13.8. The molecule has 1 unspecified atom stereocenters. The van der Waals surface area contributed by atoms with E-state index in [4.69, 9.17) is 4.98 Å². The third kappa shape index (κ3) is 5.03. The molecule has 0 bridgehead atoms. The number of nitrogens with zero attached hydrogens (tertiary/aromatic N) is 2. The summed E-state index contributed by atoms with van der Waals surface area (Å²) in [7, 11) is 0. The summed E-state index contributed by atoms with van der Waals surface area (Å²) >= 11 is 0. The molecule has 1 aliphatic rings. The summed E-state index contributed by atoms with van der Waals surface area (Å²) in [5.74, 6) is 0. The van der Waals surface area contributed by atoms with Gasteiger partial charge in [0.1, 0.15) is 6.17 Å². The van der Waals surface area contributed by atoms with Crippen molar-refractivity contribution in [3.8, 4) is 44.5 Å². The molecule has 9 rings (SSSR count). The van der Waals surface area contributed by atoms with Gasteiger partial charge >= 0.3 is 0 Å². The van der Waals surface area contributed by atoms with Crippen molar-refractivity contribution in [2.75, 3.05) is 10.2 Å². The lowest BCUT2D eigenvalue weighted by Crippen LogP contribution is -2.31. The van der Waals surface area contributed by atoms with Gasteiger partial charge < -0.3 is 10.2 Å². The zero-order chi connectivity index (χ0) is 32.7. The van der Waals surface area contributed by atoms with E-state index in [0.29, 0.717) is 0 Å². The van der Waals surface area contributed by atoms with Gasteiger partial charge in [-0.05, 0) is 91.2 Å². The van der Waals surface area contributed by atoms with E-state index in [2.05, 4.69) is 175 Å². The van der Waals surface area contributed by atoms with Crippen LogP contribution in [0.2, 0.25) is 0 Å². The number of fused-ring (bicyclic) bond motifs is 3. The number of hydrogen-bond donors (Lipinski definition) is 1. The lowest BCUT2D eigenvalue weighted by atomic mass is 9.85. The van der Waals surface area contributed by atoms with Crippen LogP contribution in [0.1, 0.15) is 13.3 Å². The average Bonchev–Trinajstić information content (AvgIpc) is 3.56. The van der Waals surface area contributed by atoms with Gasteiger partial charge in [0, 0.05) is 11.8 Å². The van der Waals surface area contributed by atoms with Gasteiger partial charge in [-0.3, -0.25) is 4.98 Å². The minimum Gasteiger partial charge on any atom is -0.363 e. The lowest BCUT2D eigenvalue weighted by molar-refractivity contribution is 0.727. The monoisotopic (exact) mass is 629 g/mol. The van der Waals surface area contributed by atoms with Crippen LogP contribution in [0.25, 0.3) is 66.1 Å². The van der Waals surface area contributed by atoms with Crippen LogP contribution >= 0.6 is 0 Å². The Hall–Kier alpha value is -6.19. The predicted molar refractivity (Wildman–Crippen MR) is 207 cm³/mol. The lowest BCUT2D eigenvalue weighted by Gasteiger charge is -2.26. The Morgan fingerprint density at radius 1 is 0.490 bits per heavy atom. The second-order valence-electron chi connectivity index (χ2n) is 12.8. The van der Waals surface area contributed by atoms with Crippen LogP contribution in [0, 0.1) is 0 Å². The topological polar surface area (TPSA) is 28.2 Å². The molecule has 49 heavy (non-hydrogen) atoms. The standard InChI is InChI=1S/C46H35N3/c1-2-44-48-42-19-11-12-20-43(42)49(44)37-27-36(29-47-30-37)46-39-18-10-9-17-38(39)45(34-23-21-33(22-24-34)31-13-5-3-6-14-31)40-26-25-35(28-41(40)46)32-15-7-4-8-16-32/h3-30,44,48H,2H2,1H3. The summed E-state index contributed by atoms with van der Waals surface area (Å²) < 4.78 is 0. The second kappa shape index (κ2) is 12.1. The Kier molecular flexibility index (Phi) is 7.17. The van der Waals surface area contributed by atoms with Crippen LogP contribution in [-0.4, -0.2) is 11.1 Å². The zero-order valence-electron chi connectivity index (χ0n) is 27.3. The van der Waals surface area contributed by atoms with E-state index in [9.17, 15) is 0 Å². The third-order valence-electron chi connectivity index (χ3n) is 9.89. The number of para-hydroxylation sites is 2. The number of rotatable bonds is 6. The van der Waals surface area contributed by atoms with Crippen LogP contribution in [0.15, 0.2) is 170 Å². The minimum absolute atomic E-state index is 0.161. The van der Waals surface area contributed by atoms with Gasteiger partial charge in [0.25, 0.3) is 0 Å². The molecule has 0 saturated heterocycles. The zero-order valence-corrected chi connectivity index (χ0v) is 27.3. The van der Waals surface area contributed by atoms with E-state index in [1.165, 1.54) is 66.2 Å². The van der Waals surface area contributed by atoms with Crippen LogP contribution in [0.5, 0.6) is 0 Å². The number of hydrogen-bond acceptors (Lipinski definition) is 3. The highest BCUT2D eigenvalue weighted by Gasteiger charge is 2.29. The summed E-state index contributed by atoms with van der Waals surface area (Å²) in [5.41, 5.74) is 13.0. The Labute approximate surface area is 287 Å². The molecule has 1 atom stereocenters. The molecular formula is C46H35N3. The van der Waals surface area contributed by atoms with E-state index >= 15 is 0 Å². The molecule has 1 aromatic heterocycles. The van der Waals surface area contributed by atoms with Gasteiger partial charge in [-0.2, -0.15) is 0 Å². The first-order valence-electron chi connectivity index (χ1n) is 17.1. The SMILES string of the molecule is CCC1Nc2ccccc2N1c1cncc(-c2c3ccccc3c(-c3ccc(-c4ccccc4)cc3)c3ccc(-c4ccccc4)cc23)c1. The number of nitrogens with one attached hydrogen (secondary N) is 1. The van der Waals surface area contributed by atoms with Crippen molar-refractivity contribution in [2.45, 2.75) is 19.5 Å². The quantitative estimate of drug-likeness (QED) is 0.186. The van der Waals surface area contributed by atoms with Crippen molar-refractivity contribution in [2.24, 2.45) is 0 Å². The van der Waals surface area contributed by atoms with Crippen LogP contribution in [0.4, 0.5) is 17.1 Å². The minimum atomic E-state index is 0.161. The highest BCUT2D eigenvalue weighted by atomic mass is 15.3. The highest BCUT2D eigenvalue weighted by molar-refractivity contribution is 6.22. The van der Waals surface area contributed by atoms with Crippen LogP contribution in [-0.2, 0) is 0 Å². The fourth-order valence-corrected chi connectivity index (χ4v) is 7.59. The molecule has 3 nitrogen and oxygen atoms in total. The van der Waals surface area contributed by atoms with E-state index in [1.807, 2.05) is 12.4 Å². The Morgan fingerprint density at radius 2 is 1.04 bits per heavy atom. The van der Waals surface area contributed by atoms with Crippen LogP contribution in [0.3, 0.4) is 0 Å². The summed E-state index contributed by atoms with van der Waals surface area (Å²) in [6.45, 7) is 2.23. The Morgan fingerprint density at radius 3 is 1.76 bits per heavy atom. The fraction of sp³-hybridized carbons (Fsp3) is 0.0652. The molecule has 7 aromatic carbocycles. The Balaban J connectivity index is 1.29. The van der Waals surface area contributed by atoms with Gasteiger partial charge in [-0.15, -0.1) is 0 Å². The van der Waals surface area contributed by atoms with E-state index in [-0.39, 0.29) is 6.17 Å². The van der Waals surface area contributed by atoms with Gasteiger partial charge in [0.2, 0.25) is 0 Å². The molecular weight excluding hydrogens is 595 g/mol. The third-order valence-corrected chi connectivity index (χ3v) is 9.89. The van der Waals surface area contributed by atoms with Crippen molar-refractivity contribution in [1.29, 1.82) is 0 Å². The van der Waals surface area contributed by atoms with Crippen molar-refractivity contribution < 1.29 is 0 Å². The van der Waals surface area contributed by atoms with E-state index in [0.717, 1.165) is 23.4 Å². The number of aromatic nitrogens is 1. The average molecular weight is 630 g/mol. The van der Waals surface area contributed by atoms with Crippen molar-refractivity contribution >= 4 is 38.6 Å². The van der Waals surface area contributed by atoms with Crippen molar-refractivity contribution in [3.05, 3.63) is 170 Å². The maximum Gasteiger partial charge on any atom is 0.104 e. The summed E-state index contributed by atoms with van der Waals surface area (Å²) in [5, 5.41) is 8.61. The van der Waals surface area contributed by atoms with Gasteiger partial charge in [-0.25, -0.2) is 0 Å². The highest BCUT2D eigenvalue weighted by Crippen LogP contribution is 2.47. The van der Waals surface area contributed by atoms with Gasteiger partial charge in [-0.1, -0.05) is 140 Å². The van der Waals surface area contributed by atoms with Crippen molar-refractivity contribution in [3.63, 3.8) is 0 Å². The molecule has 3 heteroatoms. The van der Waals surface area contributed by atoms with E-state index in [1.54, 1.807) is 0 Å². The first-order chi connectivity index (χ1) is 24.3. The molecule has 8 aromatic rings. The molecule has 1 aliphatic heterocycles. The van der Waals surface area contributed by atoms with Gasteiger partial charge in [0.05, 0.1) is 23.3 Å². The summed E-state index contributed by atoms with van der Waals surface area (Å²) in [6, 6.07) is 57.0. The molecule has 0 amide bonds. The molecule has 234 valence electrons. The molecule has 2 heterocycles. The summed E-state index contributed by atoms with van der Waals surface area (Å²) in [6.07, 6.45) is 5.15. The molecule has 0 fully saturated rings. The maximum absolute atomic E-state index is 4.89. The first kappa shape index (κ1) is 29.0. The largest absolute Gasteiger partial charge is 0.363 e. The molecule has 0 radical (unpaired) electrons. The van der Waals surface area contributed by atoms with Crippen LogP contribution < -0.4 is 10.2 Å². The summed E-state index contributed by atoms with van der Waals surface area (Å²) in [4.78, 5) is 7.29. The van der Waals surface area contributed by atoms with Crippen molar-refractivity contribution in [1.82, 2.24) is 4.98 Å². The molecule has 1 N–H and O–H groups in total. The van der Waals surface area contributed by atoms with Gasteiger partial charge in [0.15, 0.2) is 0 Å².